The first-order valence-corrected chi connectivity index (χ1v) is 8.40. The van der Waals surface area contributed by atoms with E-state index in [2.05, 4.69) is 0 Å². The molecule has 0 fully saturated rings. The Kier molecular flexibility index (Phi) is 3.96. The summed E-state index contributed by atoms with van der Waals surface area (Å²) in [4.78, 5) is -0.307. The molecule has 0 unspecified atom stereocenters. The quantitative estimate of drug-likeness (QED) is 0.888. The third-order valence-corrected chi connectivity index (χ3v) is 5.85. The van der Waals surface area contributed by atoms with Crippen LogP contribution in [0, 0.1) is 34.6 Å². The minimum absolute atomic E-state index is 0.134. The van der Waals surface area contributed by atoms with Crippen molar-refractivity contribution in [2.75, 3.05) is 0 Å². The number of hydrogen-bond donors (Lipinski definition) is 2. The SMILES string of the molecule is Cc1cc(C)c(O)c(S(=O)(=O)c2c(C)c(C)cc(C)c2O)c1. The molecule has 0 radical (unpaired) electrons. The normalized spacial score (nSPS) is 11.7. The van der Waals surface area contributed by atoms with Crippen molar-refractivity contribution in [3.8, 4) is 11.5 Å². The van der Waals surface area contributed by atoms with Gasteiger partial charge in [0.15, 0.2) is 0 Å². The van der Waals surface area contributed by atoms with E-state index in [0.717, 1.165) is 11.1 Å². The van der Waals surface area contributed by atoms with Crippen LogP contribution in [0.4, 0.5) is 0 Å². The topological polar surface area (TPSA) is 74.6 Å². The first kappa shape index (κ1) is 16.4. The Morgan fingerprint density at radius 1 is 0.773 bits per heavy atom. The maximum Gasteiger partial charge on any atom is 0.214 e. The lowest BCUT2D eigenvalue weighted by molar-refractivity contribution is 0.447. The lowest BCUT2D eigenvalue weighted by Gasteiger charge is -2.16. The zero-order valence-corrected chi connectivity index (χ0v) is 14.2. The van der Waals surface area contributed by atoms with E-state index in [1.54, 1.807) is 46.8 Å². The van der Waals surface area contributed by atoms with Crippen molar-refractivity contribution in [3.63, 3.8) is 0 Å². The summed E-state index contributed by atoms with van der Waals surface area (Å²) in [7, 11) is -4.02. The van der Waals surface area contributed by atoms with E-state index in [9.17, 15) is 18.6 Å². The second-order valence-electron chi connectivity index (χ2n) is 5.75. The Hall–Kier alpha value is -2.01. The molecule has 0 saturated heterocycles. The molecule has 5 heteroatoms. The monoisotopic (exact) mass is 320 g/mol. The number of benzene rings is 2. The van der Waals surface area contributed by atoms with Gasteiger partial charge in [0.05, 0.1) is 0 Å². The second-order valence-corrected chi connectivity index (χ2v) is 7.60. The van der Waals surface area contributed by atoms with Gasteiger partial charge in [-0.25, -0.2) is 8.42 Å². The van der Waals surface area contributed by atoms with Gasteiger partial charge < -0.3 is 10.2 Å². The van der Waals surface area contributed by atoms with Gasteiger partial charge in [-0.05, 0) is 68.5 Å². The maximum atomic E-state index is 13.0. The Morgan fingerprint density at radius 3 is 1.91 bits per heavy atom. The van der Waals surface area contributed by atoms with Gasteiger partial charge in [0.2, 0.25) is 9.84 Å². The zero-order chi connectivity index (χ0) is 16.8. The molecule has 0 aliphatic rings. The van der Waals surface area contributed by atoms with Gasteiger partial charge in [-0.15, -0.1) is 0 Å². The van der Waals surface area contributed by atoms with Crippen LogP contribution in [0.1, 0.15) is 27.8 Å². The lowest BCUT2D eigenvalue weighted by Crippen LogP contribution is -2.08. The summed E-state index contributed by atoms with van der Waals surface area (Å²) in [5.41, 5.74) is 2.97. The molecule has 0 aromatic heterocycles. The molecule has 2 aromatic rings. The van der Waals surface area contributed by atoms with Crippen molar-refractivity contribution < 1.29 is 18.6 Å². The standard InChI is InChI=1S/C17H20O4S/c1-9-6-11(3)15(18)14(7-9)22(20,21)17-13(5)10(2)8-12(4)16(17)19/h6-8,18-19H,1-5H3. The maximum absolute atomic E-state index is 13.0. The number of aryl methyl sites for hydroxylation is 4. The fourth-order valence-corrected chi connectivity index (χ4v) is 4.56. The number of rotatable bonds is 2. The molecule has 0 bridgehead atoms. The molecule has 4 nitrogen and oxygen atoms in total. The van der Waals surface area contributed by atoms with Crippen LogP contribution in [0.2, 0.25) is 0 Å². The van der Waals surface area contributed by atoms with E-state index in [1.807, 2.05) is 0 Å². The average molecular weight is 320 g/mol. The highest BCUT2D eigenvalue weighted by molar-refractivity contribution is 7.91. The molecule has 0 amide bonds. The van der Waals surface area contributed by atoms with E-state index in [-0.39, 0.29) is 21.3 Å². The van der Waals surface area contributed by atoms with Gasteiger partial charge in [0.1, 0.15) is 21.3 Å². The third kappa shape index (κ3) is 2.46. The third-order valence-electron chi connectivity index (χ3n) is 3.92. The molecule has 22 heavy (non-hydrogen) atoms. The lowest BCUT2D eigenvalue weighted by atomic mass is 10.1. The highest BCUT2D eigenvalue weighted by Crippen LogP contribution is 2.39. The Balaban J connectivity index is 2.89. The van der Waals surface area contributed by atoms with Crippen LogP contribution in [0.25, 0.3) is 0 Å². The molecule has 2 N–H and O–H groups in total. The van der Waals surface area contributed by atoms with E-state index in [4.69, 9.17) is 0 Å². The molecule has 2 rings (SSSR count). The minimum atomic E-state index is -4.02. The zero-order valence-electron chi connectivity index (χ0n) is 13.4. The van der Waals surface area contributed by atoms with Crippen molar-refractivity contribution in [1.82, 2.24) is 0 Å². The van der Waals surface area contributed by atoms with E-state index >= 15 is 0 Å². The summed E-state index contributed by atoms with van der Waals surface area (Å²) in [6.45, 7) is 8.51. The van der Waals surface area contributed by atoms with Crippen molar-refractivity contribution in [2.24, 2.45) is 0 Å². The number of sulfone groups is 1. The van der Waals surface area contributed by atoms with Crippen LogP contribution in [-0.2, 0) is 9.84 Å². The smallest absolute Gasteiger partial charge is 0.214 e. The van der Waals surface area contributed by atoms with E-state index < -0.39 is 9.84 Å². The predicted octanol–water partition coefficient (Wildman–Crippen LogP) is 3.47. The Bertz CT molecular complexity index is 839. The first-order chi connectivity index (χ1) is 10.1. The van der Waals surface area contributed by atoms with E-state index in [1.165, 1.54) is 6.07 Å². The first-order valence-electron chi connectivity index (χ1n) is 6.92. The van der Waals surface area contributed by atoms with Crippen LogP contribution in [0.5, 0.6) is 11.5 Å². The fourth-order valence-electron chi connectivity index (χ4n) is 2.60. The summed E-state index contributed by atoms with van der Waals surface area (Å²) in [6, 6.07) is 4.88. The number of phenolic OH excluding ortho intramolecular Hbond substituents is 2. The molecule has 0 spiro atoms. The van der Waals surface area contributed by atoms with Crippen LogP contribution < -0.4 is 0 Å². The van der Waals surface area contributed by atoms with Gasteiger partial charge >= 0.3 is 0 Å². The average Bonchev–Trinajstić information content (AvgIpc) is 2.40. The largest absolute Gasteiger partial charge is 0.506 e. The number of phenols is 2. The molecule has 0 aliphatic heterocycles. The van der Waals surface area contributed by atoms with Crippen LogP contribution >= 0.6 is 0 Å². The van der Waals surface area contributed by atoms with Crippen LogP contribution in [0.15, 0.2) is 28.0 Å². The summed E-state index contributed by atoms with van der Waals surface area (Å²) < 4.78 is 26.0. The molecule has 0 heterocycles. The van der Waals surface area contributed by atoms with Gasteiger partial charge in [0.25, 0.3) is 0 Å². The van der Waals surface area contributed by atoms with Crippen molar-refractivity contribution in [2.45, 2.75) is 44.4 Å². The molecular formula is C17H20O4S. The summed E-state index contributed by atoms with van der Waals surface area (Å²) in [5.74, 6) is -0.537. The van der Waals surface area contributed by atoms with Crippen molar-refractivity contribution in [1.29, 1.82) is 0 Å². The number of hydrogen-bond acceptors (Lipinski definition) is 4. The summed E-state index contributed by atoms with van der Waals surface area (Å²) in [6.07, 6.45) is 0. The molecule has 0 saturated carbocycles. The number of aromatic hydroxyl groups is 2. The highest BCUT2D eigenvalue weighted by atomic mass is 32.2. The Morgan fingerprint density at radius 2 is 1.32 bits per heavy atom. The second kappa shape index (κ2) is 5.32. The van der Waals surface area contributed by atoms with Crippen molar-refractivity contribution in [3.05, 3.63) is 46.0 Å². The van der Waals surface area contributed by atoms with Gasteiger partial charge in [0, 0.05) is 0 Å². The van der Waals surface area contributed by atoms with Crippen molar-refractivity contribution >= 4 is 9.84 Å². The Labute approximate surface area is 131 Å². The predicted molar refractivity (Wildman–Crippen MR) is 85.4 cm³/mol. The fraction of sp³-hybridized carbons (Fsp3) is 0.294. The molecule has 0 atom stereocenters. The van der Waals surface area contributed by atoms with Gasteiger partial charge in [-0.2, -0.15) is 0 Å². The highest BCUT2D eigenvalue weighted by Gasteiger charge is 2.29. The molecule has 2 aromatic carbocycles. The van der Waals surface area contributed by atoms with Gasteiger partial charge in [-0.1, -0.05) is 12.1 Å². The van der Waals surface area contributed by atoms with Crippen LogP contribution in [-0.4, -0.2) is 18.6 Å². The molecular weight excluding hydrogens is 300 g/mol. The molecule has 118 valence electrons. The van der Waals surface area contributed by atoms with Gasteiger partial charge in [-0.3, -0.25) is 0 Å². The van der Waals surface area contributed by atoms with Crippen LogP contribution in [0.3, 0.4) is 0 Å². The summed E-state index contributed by atoms with van der Waals surface area (Å²) in [5, 5.41) is 20.4. The summed E-state index contributed by atoms with van der Waals surface area (Å²) >= 11 is 0. The van der Waals surface area contributed by atoms with E-state index in [0.29, 0.717) is 16.7 Å². The minimum Gasteiger partial charge on any atom is -0.506 e. The molecule has 0 aliphatic carbocycles.